The van der Waals surface area contributed by atoms with Gasteiger partial charge in [-0.2, -0.15) is 10.2 Å². The molecular formula is C19H18N6O3. The predicted octanol–water partition coefficient (Wildman–Crippen LogP) is 1.61. The summed E-state index contributed by atoms with van der Waals surface area (Å²) in [6, 6.07) is 7.48. The number of carbonyl (C=O) groups excluding carboxylic acids is 1. The van der Waals surface area contributed by atoms with Gasteiger partial charge in [0.15, 0.2) is 5.69 Å². The Kier molecular flexibility index (Phi) is 4.07. The first-order chi connectivity index (χ1) is 13.4. The summed E-state index contributed by atoms with van der Waals surface area (Å²) in [6.45, 7) is 1.92. The minimum Gasteiger partial charge on any atom is -0.464 e. The Balaban J connectivity index is 1.83. The number of nitrogens with zero attached hydrogens (tertiary/aromatic N) is 6. The number of esters is 1. The molecule has 1 aromatic carbocycles. The van der Waals surface area contributed by atoms with Gasteiger partial charge in [0, 0.05) is 25.0 Å². The van der Waals surface area contributed by atoms with Crippen LogP contribution in [0.4, 0.5) is 0 Å². The lowest BCUT2D eigenvalue weighted by Crippen LogP contribution is -2.21. The molecule has 0 aliphatic carbocycles. The molecule has 0 aliphatic heterocycles. The molecule has 9 nitrogen and oxygen atoms in total. The first-order valence-corrected chi connectivity index (χ1v) is 8.54. The molecule has 0 atom stereocenters. The van der Waals surface area contributed by atoms with Gasteiger partial charge in [-0.15, -0.1) is 0 Å². The molecule has 9 heteroatoms. The van der Waals surface area contributed by atoms with Crippen molar-refractivity contribution in [3.63, 3.8) is 0 Å². The standard InChI is InChI=1S/C19H18N6O3/c1-11-13(6-8-15-16(11)17(18(26)28-4)22-23(15)2)14-7-5-12(9-20-14)25-10-21-24(3)19(25)27/h5-10H,1-4H3. The van der Waals surface area contributed by atoms with Crippen molar-refractivity contribution in [2.45, 2.75) is 6.92 Å². The Bertz CT molecular complexity index is 1260. The fraction of sp³-hybridized carbons (Fsp3) is 0.211. The molecule has 4 rings (SSSR count). The van der Waals surface area contributed by atoms with Crippen LogP contribution in [-0.4, -0.2) is 42.2 Å². The summed E-state index contributed by atoms with van der Waals surface area (Å²) in [5.74, 6) is -0.481. The highest BCUT2D eigenvalue weighted by molar-refractivity contribution is 6.05. The Labute approximate surface area is 159 Å². The predicted molar refractivity (Wildman–Crippen MR) is 102 cm³/mol. The lowest BCUT2D eigenvalue weighted by molar-refractivity contribution is 0.0595. The van der Waals surface area contributed by atoms with Gasteiger partial charge in [0.1, 0.15) is 6.33 Å². The van der Waals surface area contributed by atoms with Crippen molar-refractivity contribution >= 4 is 16.9 Å². The van der Waals surface area contributed by atoms with Crippen LogP contribution in [0.1, 0.15) is 16.1 Å². The average Bonchev–Trinajstić information content (AvgIpc) is 3.22. The van der Waals surface area contributed by atoms with Crippen molar-refractivity contribution in [3.05, 3.63) is 58.5 Å². The number of pyridine rings is 1. The first kappa shape index (κ1) is 17.7. The zero-order valence-electron chi connectivity index (χ0n) is 15.9. The maximum atomic E-state index is 12.1. The van der Waals surface area contributed by atoms with E-state index >= 15 is 0 Å². The van der Waals surface area contributed by atoms with Crippen LogP contribution in [0.25, 0.3) is 27.8 Å². The van der Waals surface area contributed by atoms with E-state index in [-0.39, 0.29) is 11.4 Å². The van der Waals surface area contributed by atoms with Crippen LogP contribution in [0.15, 0.2) is 41.6 Å². The van der Waals surface area contributed by atoms with E-state index in [2.05, 4.69) is 15.2 Å². The normalized spacial score (nSPS) is 11.1. The SMILES string of the molecule is COC(=O)c1nn(C)c2ccc(-c3ccc(-n4cnn(C)c4=O)cn3)c(C)c12. The second-order valence-electron chi connectivity index (χ2n) is 6.40. The highest BCUT2D eigenvalue weighted by Crippen LogP contribution is 2.31. The third-order valence-electron chi connectivity index (χ3n) is 4.78. The molecular weight excluding hydrogens is 360 g/mol. The molecule has 4 aromatic rings. The molecule has 0 bridgehead atoms. The van der Waals surface area contributed by atoms with Gasteiger partial charge in [0.25, 0.3) is 0 Å². The highest BCUT2D eigenvalue weighted by Gasteiger charge is 2.20. The molecule has 28 heavy (non-hydrogen) atoms. The van der Waals surface area contributed by atoms with Gasteiger partial charge >= 0.3 is 11.7 Å². The third-order valence-corrected chi connectivity index (χ3v) is 4.78. The summed E-state index contributed by atoms with van der Waals surface area (Å²) >= 11 is 0. The smallest absolute Gasteiger partial charge is 0.359 e. The molecule has 0 spiro atoms. The Morgan fingerprint density at radius 1 is 1.11 bits per heavy atom. The van der Waals surface area contributed by atoms with Gasteiger partial charge < -0.3 is 4.74 Å². The maximum absolute atomic E-state index is 12.1. The van der Waals surface area contributed by atoms with Crippen molar-refractivity contribution in [2.75, 3.05) is 7.11 Å². The molecule has 0 radical (unpaired) electrons. The summed E-state index contributed by atoms with van der Waals surface area (Å²) < 4.78 is 9.19. The average molecular weight is 378 g/mol. The highest BCUT2D eigenvalue weighted by atomic mass is 16.5. The van der Waals surface area contributed by atoms with E-state index in [4.69, 9.17) is 4.74 Å². The molecule has 0 saturated carbocycles. The summed E-state index contributed by atoms with van der Waals surface area (Å²) in [5, 5.41) is 8.98. The molecule has 142 valence electrons. The van der Waals surface area contributed by atoms with Crippen LogP contribution in [0.3, 0.4) is 0 Å². The van der Waals surface area contributed by atoms with Gasteiger partial charge in [-0.05, 0) is 30.7 Å². The lowest BCUT2D eigenvalue weighted by Gasteiger charge is -2.09. The first-order valence-electron chi connectivity index (χ1n) is 8.54. The van der Waals surface area contributed by atoms with Gasteiger partial charge in [-0.3, -0.25) is 9.67 Å². The van der Waals surface area contributed by atoms with E-state index in [0.717, 1.165) is 27.7 Å². The van der Waals surface area contributed by atoms with Crippen LogP contribution < -0.4 is 5.69 Å². The number of benzene rings is 1. The molecule has 0 unspecified atom stereocenters. The fourth-order valence-corrected chi connectivity index (χ4v) is 3.29. The second-order valence-corrected chi connectivity index (χ2v) is 6.40. The molecule has 3 aromatic heterocycles. The van der Waals surface area contributed by atoms with Crippen molar-refractivity contribution in [1.29, 1.82) is 0 Å². The molecule has 0 saturated heterocycles. The summed E-state index contributed by atoms with van der Waals surface area (Å²) in [5.41, 5.74) is 3.96. The second kappa shape index (κ2) is 6.45. The molecule has 0 amide bonds. The van der Waals surface area contributed by atoms with Crippen molar-refractivity contribution < 1.29 is 9.53 Å². The number of aromatic nitrogens is 6. The number of carbonyl (C=O) groups is 1. The van der Waals surface area contributed by atoms with E-state index in [9.17, 15) is 9.59 Å². The van der Waals surface area contributed by atoms with Gasteiger partial charge in [-0.1, -0.05) is 6.07 Å². The Morgan fingerprint density at radius 2 is 1.89 bits per heavy atom. The van der Waals surface area contributed by atoms with Gasteiger partial charge in [-0.25, -0.2) is 18.8 Å². The molecule has 3 heterocycles. The summed E-state index contributed by atoms with van der Waals surface area (Å²) in [4.78, 5) is 28.7. The number of hydrogen-bond acceptors (Lipinski definition) is 6. The van der Waals surface area contributed by atoms with Crippen LogP contribution >= 0.6 is 0 Å². The van der Waals surface area contributed by atoms with Gasteiger partial charge in [0.2, 0.25) is 0 Å². The van der Waals surface area contributed by atoms with E-state index in [1.54, 1.807) is 31.0 Å². The maximum Gasteiger partial charge on any atom is 0.359 e. The zero-order valence-corrected chi connectivity index (χ0v) is 15.9. The van der Waals surface area contributed by atoms with E-state index in [1.165, 1.54) is 22.7 Å². The number of rotatable bonds is 3. The summed E-state index contributed by atoms with van der Waals surface area (Å²) in [7, 11) is 4.71. The van der Waals surface area contributed by atoms with E-state index in [0.29, 0.717) is 5.69 Å². The topological polar surface area (TPSA) is 96.8 Å². The zero-order chi connectivity index (χ0) is 20.0. The Morgan fingerprint density at radius 3 is 2.50 bits per heavy atom. The third kappa shape index (κ3) is 2.59. The van der Waals surface area contributed by atoms with Crippen molar-refractivity contribution in [2.24, 2.45) is 14.1 Å². The van der Waals surface area contributed by atoms with Crippen LogP contribution in [0, 0.1) is 6.92 Å². The van der Waals surface area contributed by atoms with Crippen LogP contribution in [-0.2, 0) is 18.8 Å². The minimum absolute atomic E-state index is 0.245. The Hall–Kier alpha value is -3.75. The largest absolute Gasteiger partial charge is 0.464 e. The molecule has 0 aliphatic rings. The minimum atomic E-state index is -0.481. The fourth-order valence-electron chi connectivity index (χ4n) is 3.29. The van der Waals surface area contributed by atoms with Crippen molar-refractivity contribution in [1.82, 2.24) is 29.1 Å². The molecule has 0 fully saturated rings. The lowest BCUT2D eigenvalue weighted by atomic mass is 9.99. The van der Waals surface area contributed by atoms with Crippen LogP contribution in [0.5, 0.6) is 0 Å². The number of ether oxygens (including phenoxy) is 1. The monoisotopic (exact) mass is 378 g/mol. The quantitative estimate of drug-likeness (QED) is 0.503. The number of hydrogen-bond donors (Lipinski definition) is 0. The molecule has 0 N–H and O–H groups in total. The number of aryl methyl sites for hydroxylation is 3. The number of fused-ring (bicyclic) bond motifs is 1. The summed E-state index contributed by atoms with van der Waals surface area (Å²) in [6.07, 6.45) is 3.07. The van der Waals surface area contributed by atoms with E-state index < -0.39 is 5.97 Å². The van der Waals surface area contributed by atoms with Crippen molar-refractivity contribution in [3.8, 4) is 16.9 Å². The van der Waals surface area contributed by atoms with Gasteiger partial charge in [0.05, 0.1) is 30.2 Å². The number of methoxy groups -OCH3 is 1. The van der Waals surface area contributed by atoms with Crippen LogP contribution in [0.2, 0.25) is 0 Å². The van der Waals surface area contributed by atoms with E-state index in [1.807, 2.05) is 25.1 Å².